The average Bonchev–Trinajstić information content (AvgIpc) is 3.30. The number of hydrogen-bond acceptors (Lipinski definition) is 5. The van der Waals surface area contributed by atoms with Gasteiger partial charge in [0, 0.05) is 19.4 Å². The average molecular weight is 902 g/mol. The third-order valence-corrected chi connectivity index (χ3v) is 13.0. The van der Waals surface area contributed by atoms with Crippen LogP contribution in [0.25, 0.3) is 0 Å². The van der Waals surface area contributed by atoms with Gasteiger partial charge in [-0.3, -0.25) is 9.59 Å². The standard InChI is InChI=1S/C59H112O5/c1-4-7-10-13-16-19-22-25-27-29-30-31-32-35-38-41-44-47-50-53-59(61)64-57(56-63-58(60)52-49-46-43-40-37-34-24-21-18-15-12-9-6-3)55-62-54-51-48-45-42-39-36-33-28-26-23-20-17-14-11-8-5-2/h16,19,25,27,57H,4-15,17-18,20-24,26,28-56H2,1-3H3/b19-16-,27-25-/t57-/m1/s1. The lowest BCUT2D eigenvalue weighted by atomic mass is 10.0. The van der Waals surface area contributed by atoms with E-state index in [0.717, 1.165) is 38.5 Å². The molecule has 64 heavy (non-hydrogen) atoms. The Morgan fingerprint density at radius 1 is 0.344 bits per heavy atom. The van der Waals surface area contributed by atoms with E-state index in [1.165, 1.54) is 244 Å². The zero-order chi connectivity index (χ0) is 46.3. The molecule has 0 saturated heterocycles. The summed E-state index contributed by atoms with van der Waals surface area (Å²) in [6.07, 6.45) is 66.2. The second-order valence-corrected chi connectivity index (χ2v) is 19.6. The molecule has 0 aliphatic heterocycles. The van der Waals surface area contributed by atoms with E-state index in [9.17, 15) is 9.59 Å². The number of carbonyl (C=O) groups excluding carboxylic acids is 2. The summed E-state index contributed by atoms with van der Waals surface area (Å²) in [5.74, 6) is -0.379. The summed E-state index contributed by atoms with van der Waals surface area (Å²) in [7, 11) is 0. The summed E-state index contributed by atoms with van der Waals surface area (Å²) in [4.78, 5) is 25.5. The van der Waals surface area contributed by atoms with Gasteiger partial charge in [-0.1, -0.05) is 276 Å². The van der Waals surface area contributed by atoms with Crippen molar-refractivity contribution in [1.29, 1.82) is 0 Å². The molecule has 1 atom stereocenters. The maximum atomic E-state index is 12.9. The van der Waals surface area contributed by atoms with Crippen LogP contribution in [-0.2, 0) is 23.8 Å². The van der Waals surface area contributed by atoms with Crippen molar-refractivity contribution in [2.75, 3.05) is 19.8 Å². The fourth-order valence-corrected chi connectivity index (χ4v) is 8.66. The van der Waals surface area contributed by atoms with Crippen LogP contribution in [0.15, 0.2) is 24.3 Å². The van der Waals surface area contributed by atoms with E-state index in [1.54, 1.807) is 0 Å². The third kappa shape index (κ3) is 53.0. The van der Waals surface area contributed by atoms with Crippen LogP contribution < -0.4 is 0 Å². The second kappa shape index (κ2) is 55.7. The van der Waals surface area contributed by atoms with Gasteiger partial charge >= 0.3 is 11.9 Å². The lowest BCUT2D eigenvalue weighted by Crippen LogP contribution is -2.30. The molecule has 5 heteroatoms. The quantitative estimate of drug-likeness (QED) is 0.0346. The summed E-state index contributed by atoms with van der Waals surface area (Å²) in [6.45, 7) is 7.87. The van der Waals surface area contributed by atoms with E-state index in [1.807, 2.05) is 0 Å². The van der Waals surface area contributed by atoms with Crippen LogP contribution >= 0.6 is 0 Å². The molecule has 0 amide bonds. The van der Waals surface area contributed by atoms with Gasteiger partial charge in [0.15, 0.2) is 6.10 Å². The minimum Gasteiger partial charge on any atom is -0.462 e. The van der Waals surface area contributed by atoms with Crippen molar-refractivity contribution < 1.29 is 23.8 Å². The number of ether oxygens (including phenoxy) is 3. The Labute approximate surface area is 400 Å². The zero-order valence-electron chi connectivity index (χ0n) is 43.6. The molecule has 5 nitrogen and oxygen atoms in total. The Bertz CT molecular complexity index is 974. The van der Waals surface area contributed by atoms with E-state index in [2.05, 4.69) is 45.1 Å². The lowest BCUT2D eigenvalue weighted by molar-refractivity contribution is -0.163. The monoisotopic (exact) mass is 901 g/mol. The highest BCUT2D eigenvalue weighted by Crippen LogP contribution is 2.17. The van der Waals surface area contributed by atoms with Crippen molar-refractivity contribution in [2.24, 2.45) is 0 Å². The first-order valence-corrected chi connectivity index (χ1v) is 28.9. The molecule has 0 saturated carbocycles. The molecular formula is C59H112O5. The molecule has 0 aromatic rings. The number of esters is 2. The molecule has 0 N–H and O–H groups in total. The van der Waals surface area contributed by atoms with Gasteiger partial charge in [0.05, 0.1) is 6.61 Å². The Kier molecular flexibility index (Phi) is 54.3. The van der Waals surface area contributed by atoms with Crippen LogP contribution in [-0.4, -0.2) is 37.9 Å². The first-order valence-electron chi connectivity index (χ1n) is 28.9. The van der Waals surface area contributed by atoms with Crippen molar-refractivity contribution >= 4 is 11.9 Å². The van der Waals surface area contributed by atoms with Crippen LogP contribution in [0.2, 0.25) is 0 Å². The molecule has 0 aliphatic carbocycles. The van der Waals surface area contributed by atoms with E-state index in [0.29, 0.717) is 26.1 Å². The molecule has 0 heterocycles. The van der Waals surface area contributed by atoms with Gasteiger partial charge in [0.1, 0.15) is 6.61 Å². The van der Waals surface area contributed by atoms with Crippen LogP contribution in [0, 0.1) is 0 Å². The van der Waals surface area contributed by atoms with Crippen LogP contribution in [0.1, 0.15) is 316 Å². The number of allylic oxidation sites excluding steroid dienone is 4. The van der Waals surface area contributed by atoms with Crippen LogP contribution in [0.3, 0.4) is 0 Å². The molecule has 0 bridgehead atoms. The maximum Gasteiger partial charge on any atom is 0.306 e. The summed E-state index contributed by atoms with van der Waals surface area (Å²) in [5, 5.41) is 0. The second-order valence-electron chi connectivity index (χ2n) is 19.6. The van der Waals surface area contributed by atoms with Crippen molar-refractivity contribution in [3.05, 3.63) is 24.3 Å². The molecule has 0 spiro atoms. The van der Waals surface area contributed by atoms with Gasteiger partial charge in [0.2, 0.25) is 0 Å². The Morgan fingerprint density at radius 2 is 0.656 bits per heavy atom. The van der Waals surface area contributed by atoms with E-state index in [4.69, 9.17) is 14.2 Å². The first-order chi connectivity index (χ1) is 31.6. The number of hydrogen-bond donors (Lipinski definition) is 0. The highest BCUT2D eigenvalue weighted by molar-refractivity contribution is 5.70. The molecule has 0 unspecified atom stereocenters. The Balaban J connectivity index is 4.21. The number of carbonyl (C=O) groups is 2. The summed E-state index contributed by atoms with van der Waals surface area (Å²) < 4.78 is 17.5. The van der Waals surface area contributed by atoms with Crippen molar-refractivity contribution in [2.45, 2.75) is 322 Å². The van der Waals surface area contributed by atoms with Gasteiger partial charge < -0.3 is 14.2 Å². The summed E-state index contributed by atoms with van der Waals surface area (Å²) >= 11 is 0. The predicted octanol–water partition coefficient (Wildman–Crippen LogP) is 19.6. The van der Waals surface area contributed by atoms with E-state index in [-0.39, 0.29) is 18.5 Å². The predicted molar refractivity (Wildman–Crippen MR) is 279 cm³/mol. The SMILES string of the molecule is CCCCC/C=C\C/C=C\CCCCCCCCCCCC(=O)O[C@H](COCCCCCCCCCCCCCCCCCC)COC(=O)CCCCCCCCCCCCCCC. The normalized spacial score (nSPS) is 12.2. The van der Waals surface area contributed by atoms with Gasteiger partial charge in [-0.15, -0.1) is 0 Å². The van der Waals surface area contributed by atoms with Gasteiger partial charge in [0.25, 0.3) is 0 Å². The fourth-order valence-electron chi connectivity index (χ4n) is 8.66. The first kappa shape index (κ1) is 62.4. The molecule has 0 fully saturated rings. The summed E-state index contributed by atoms with van der Waals surface area (Å²) in [6, 6.07) is 0. The van der Waals surface area contributed by atoms with E-state index >= 15 is 0 Å². The summed E-state index contributed by atoms with van der Waals surface area (Å²) in [5.41, 5.74) is 0. The zero-order valence-corrected chi connectivity index (χ0v) is 43.6. The molecule has 0 aromatic heterocycles. The lowest BCUT2D eigenvalue weighted by Gasteiger charge is -2.18. The Hall–Kier alpha value is -1.62. The highest BCUT2D eigenvalue weighted by atomic mass is 16.6. The van der Waals surface area contributed by atoms with Gasteiger partial charge in [-0.2, -0.15) is 0 Å². The Morgan fingerprint density at radius 3 is 1.06 bits per heavy atom. The number of unbranched alkanes of at least 4 members (excludes halogenated alkanes) is 39. The van der Waals surface area contributed by atoms with Gasteiger partial charge in [-0.05, 0) is 51.4 Å². The molecule has 0 aromatic carbocycles. The highest BCUT2D eigenvalue weighted by Gasteiger charge is 2.17. The molecule has 378 valence electrons. The third-order valence-electron chi connectivity index (χ3n) is 13.0. The topological polar surface area (TPSA) is 61.8 Å². The molecular weight excluding hydrogens is 789 g/mol. The fraction of sp³-hybridized carbons (Fsp3) is 0.898. The number of rotatable bonds is 54. The molecule has 0 aliphatic rings. The van der Waals surface area contributed by atoms with Crippen molar-refractivity contribution in [3.63, 3.8) is 0 Å². The maximum absolute atomic E-state index is 12.9. The minimum atomic E-state index is -0.531. The molecule has 0 rings (SSSR count). The van der Waals surface area contributed by atoms with Crippen molar-refractivity contribution in [3.8, 4) is 0 Å². The van der Waals surface area contributed by atoms with Crippen molar-refractivity contribution in [1.82, 2.24) is 0 Å². The molecule has 0 radical (unpaired) electrons. The van der Waals surface area contributed by atoms with Gasteiger partial charge in [-0.25, -0.2) is 0 Å². The minimum absolute atomic E-state index is 0.0921. The smallest absolute Gasteiger partial charge is 0.306 e. The van der Waals surface area contributed by atoms with Crippen LogP contribution in [0.4, 0.5) is 0 Å². The largest absolute Gasteiger partial charge is 0.462 e. The van der Waals surface area contributed by atoms with E-state index < -0.39 is 6.10 Å². The van der Waals surface area contributed by atoms with Crippen LogP contribution in [0.5, 0.6) is 0 Å².